The molecule has 2 heterocycles. The second-order valence-corrected chi connectivity index (χ2v) is 9.89. The predicted molar refractivity (Wildman–Crippen MR) is 132 cm³/mol. The van der Waals surface area contributed by atoms with Crippen LogP contribution in [0.4, 0.5) is 5.69 Å². The Morgan fingerprint density at radius 3 is 2.12 bits per heavy atom. The lowest BCUT2D eigenvalue weighted by Gasteiger charge is -2.26. The molecule has 0 radical (unpaired) electrons. The van der Waals surface area contributed by atoms with E-state index in [9.17, 15) is 9.59 Å². The van der Waals surface area contributed by atoms with E-state index in [1.54, 1.807) is 4.90 Å². The zero-order valence-corrected chi connectivity index (χ0v) is 19.6. The average molecular weight is 438 g/mol. The largest absolute Gasteiger partial charge is 0.450 e. The van der Waals surface area contributed by atoms with Crippen LogP contribution in [0.15, 0.2) is 75.9 Å². The van der Waals surface area contributed by atoms with E-state index in [-0.39, 0.29) is 22.5 Å². The summed E-state index contributed by atoms with van der Waals surface area (Å²) in [5.74, 6) is -0.164. The minimum absolute atomic E-state index is 0.00562. The van der Waals surface area contributed by atoms with Crippen LogP contribution in [-0.2, 0) is 5.41 Å². The lowest BCUT2D eigenvalue weighted by atomic mass is 9.85. The van der Waals surface area contributed by atoms with Crippen LogP contribution < -0.4 is 10.3 Å². The fraction of sp³-hybridized carbons (Fsp3) is 0.241. The van der Waals surface area contributed by atoms with Crippen LogP contribution in [0, 0.1) is 13.8 Å². The molecule has 3 aromatic carbocycles. The maximum atomic E-state index is 13.8. The summed E-state index contributed by atoms with van der Waals surface area (Å²) in [6, 6.07) is 20.8. The maximum absolute atomic E-state index is 13.8. The summed E-state index contributed by atoms with van der Waals surface area (Å²) in [6.45, 7) is 10.4. The van der Waals surface area contributed by atoms with E-state index in [0.717, 1.165) is 22.4 Å². The van der Waals surface area contributed by atoms with Crippen LogP contribution in [0.5, 0.6) is 0 Å². The van der Waals surface area contributed by atoms with Crippen LogP contribution in [0.2, 0.25) is 0 Å². The standard InChI is InChI=1S/C29H27NO3/c1-17-15-22-23(16-18(17)2)33-27-24(26(22)31)25(19-11-13-20(14-12-19)29(3,4)5)30(28(27)32)21-9-7-6-8-10-21/h6-16,25H,1-5H3. The number of nitrogens with zero attached hydrogens (tertiary/aromatic N) is 1. The molecule has 0 saturated carbocycles. The molecule has 1 aromatic heterocycles. The van der Waals surface area contributed by atoms with Crippen molar-refractivity contribution in [3.63, 3.8) is 0 Å². The van der Waals surface area contributed by atoms with Crippen molar-refractivity contribution < 1.29 is 9.21 Å². The van der Waals surface area contributed by atoms with Crippen molar-refractivity contribution in [2.45, 2.75) is 46.1 Å². The van der Waals surface area contributed by atoms with Crippen LogP contribution in [0.25, 0.3) is 11.0 Å². The van der Waals surface area contributed by atoms with E-state index in [2.05, 4.69) is 32.9 Å². The van der Waals surface area contributed by atoms with Gasteiger partial charge in [-0.25, -0.2) is 0 Å². The number of hydrogen-bond donors (Lipinski definition) is 0. The monoisotopic (exact) mass is 437 g/mol. The number of anilines is 1. The average Bonchev–Trinajstić information content (AvgIpc) is 3.08. The van der Waals surface area contributed by atoms with E-state index < -0.39 is 6.04 Å². The van der Waals surface area contributed by atoms with Gasteiger partial charge in [-0.3, -0.25) is 14.5 Å². The Balaban J connectivity index is 1.78. The van der Waals surface area contributed by atoms with Crippen molar-refractivity contribution in [3.05, 3.63) is 111 Å². The van der Waals surface area contributed by atoms with E-state index in [1.165, 1.54) is 5.56 Å². The van der Waals surface area contributed by atoms with Gasteiger partial charge in [0.25, 0.3) is 5.91 Å². The number of aryl methyl sites for hydroxylation is 2. The van der Waals surface area contributed by atoms with Crippen LogP contribution in [-0.4, -0.2) is 5.91 Å². The highest BCUT2D eigenvalue weighted by atomic mass is 16.3. The van der Waals surface area contributed by atoms with Crippen LogP contribution >= 0.6 is 0 Å². The second-order valence-electron chi connectivity index (χ2n) is 9.89. The summed E-state index contributed by atoms with van der Waals surface area (Å²) in [6.07, 6.45) is 0. The molecule has 1 aliphatic heterocycles. The Labute approximate surface area is 193 Å². The van der Waals surface area contributed by atoms with Gasteiger partial charge in [-0.1, -0.05) is 63.2 Å². The Hall–Kier alpha value is -3.66. The molecule has 0 N–H and O–H groups in total. The SMILES string of the molecule is Cc1cc2oc3c(c(=O)c2cc1C)C(c1ccc(C(C)(C)C)cc1)N(c1ccccc1)C3=O. The van der Waals surface area contributed by atoms with Crippen molar-refractivity contribution in [3.8, 4) is 0 Å². The van der Waals surface area contributed by atoms with Gasteiger partial charge in [0, 0.05) is 5.69 Å². The lowest BCUT2D eigenvalue weighted by molar-refractivity contribution is 0.0971. The molecule has 1 amide bonds. The number of benzene rings is 3. The molecule has 0 bridgehead atoms. The van der Waals surface area contributed by atoms with Gasteiger partial charge in [0.2, 0.25) is 5.76 Å². The van der Waals surface area contributed by atoms with Crippen molar-refractivity contribution in [2.24, 2.45) is 0 Å². The summed E-state index contributed by atoms with van der Waals surface area (Å²) < 4.78 is 6.12. The van der Waals surface area contributed by atoms with Crippen LogP contribution in [0.3, 0.4) is 0 Å². The topological polar surface area (TPSA) is 50.5 Å². The summed E-state index contributed by atoms with van der Waals surface area (Å²) in [7, 11) is 0. The number of para-hydroxylation sites is 1. The van der Waals surface area contributed by atoms with E-state index in [4.69, 9.17) is 4.42 Å². The Morgan fingerprint density at radius 1 is 0.848 bits per heavy atom. The Kier molecular flexibility index (Phi) is 4.78. The minimum atomic E-state index is -0.550. The fourth-order valence-corrected chi connectivity index (χ4v) is 4.56. The fourth-order valence-electron chi connectivity index (χ4n) is 4.56. The van der Waals surface area contributed by atoms with E-state index in [0.29, 0.717) is 16.5 Å². The molecule has 166 valence electrons. The van der Waals surface area contributed by atoms with Gasteiger partial charge in [-0.2, -0.15) is 0 Å². The van der Waals surface area contributed by atoms with Gasteiger partial charge in [0.15, 0.2) is 5.43 Å². The minimum Gasteiger partial charge on any atom is -0.450 e. The third-order valence-corrected chi connectivity index (χ3v) is 6.61. The van der Waals surface area contributed by atoms with E-state index >= 15 is 0 Å². The first-order valence-corrected chi connectivity index (χ1v) is 11.2. The maximum Gasteiger partial charge on any atom is 0.295 e. The first kappa shape index (κ1) is 21.2. The van der Waals surface area contributed by atoms with Gasteiger partial charge < -0.3 is 4.42 Å². The molecule has 0 fully saturated rings. The highest BCUT2D eigenvalue weighted by Gasteiger charge is 2.43. The third-order valence-electron chi connectivity index (χ3n) is 6.61. The first-order chi connectivity index (χ1) is 15.7. The highest BCUT2D eigenvalue weighted by molar-refractivity contribution is 6.10. The molecule has 4 heteroatoms. The normalized spacial score (nSPS) is 15.8. The third kappa shape index (κ3) is 3.37. The quantitative estimate of drug-likeness (QED) is 0.362. The first-order valence-electron chi connectivity index (χ1n) is 11.2. The zero-order chi connectivity index (χ0) is 23.5. The molecule has 0 aliphatic carbocycles. The number of rotatable bonds is 2. The molecule has 0 saturated heterocycles. The number of carbonyl (C=O) groups is 1. The van der Waals surface area contributed by atoms with Crippen molar-refractivity contribution in [1.82, 2.24) is 0 Å². The van der Waals surface area contributed by atoms with Gasteiger partial charge in [0.05, 0.1) is 17.0 Å². The molecule has 1 atom stereocenters. The number of carbonyl (C=O) groups excluding carboxylic acids is 1. The summed E-state index contributed by atoms with van der Waals surface area (Å²) >= 11 is 0. The van der Waals surface area contributed by atoms with Gasteiger partial charge in [-0.05, 0) is 65.8 Å². The van der Waals surface area contributed by atoms with Crippen LogP contribution in [0.1, 0.15) is 65.2 Å². The molecular weight excluding hydrogens is 410 g/mol. The van der Waals surface area contributed by atoms with Crippen molar-refractivity contribution >= 4 is 22.6 Å². The molecule has 1 unspecified atom stereocenters. The highest BCUT2D eigenvalue weighted by Crippen LogP contribution is 2.41. The molecule has 4 aromatic rings. The van der Waals surface area contributed by atoms with Crippen molar-refractivity contribution in [2.75, 3.05) is 4.90 Å². The smallest absolute Gasteiger partial charge is 0.295 e. The van der Waals surface area contributed by atoms with Gasteiger partial charge in [0.1, 0.15) is 5.58 Å². The lowest BCUT2D eigenvalue weighted by Crippen LogP contribution is -2.29. The molecule has 4 nitrogen and oxygen atoms in total. The molecule has 1 aliphatic rings. The number of hydrogen-bond acceptors (Lipinski definition) is 3. The summed E-state index contributed by atoms with van der Waals surface area (Å²) in [5, 5.41) is 0.510. The molecule has 33 heavy (non-hydrogen) atoms. The molecular formula is C29H27NO3. The Morgan fingerprint density at radius 2 is 1.48 bits per heavy atom. The Bertz CT molecular complexity index is 1440. The zero-order valence-electron chi connectivity index (χ0n) is 19.6. The second kappa shape index (κ2) is 7.45. The molecule has 5 rings (SSSR count). The van der Waals surface area contributed by atoms with Gasteiger partial charge >= 0.3 is 0 Å². The number of fused-ring (bicyclic) bond motifs is 2. The molecule has 0 spiro atoms. The van der Waals surface area contributed by atoms with E-state index in [1.807, 2.05) is 68.4 Å². The predicted octanol–water partition coefficient (Wildman–Crippen LogP) is 6.46. The summed E-state index contributed by atoms with van der Waals surface area (Å²) in [5.41, 5.74) is 5.56. The van der Waals surface area contributed by atoms with Gasteiger partial charge in [-0.15, -0.1) is 0 Å². The van der Waals surface area contributed by atoms with Crippen molar-refractivity contribution in [1.29, 1.82) is 0 Å². The number of amides is 1. The summed E-state index contributed by atoms with van der Waals surface area (Å²) in [4.78, 5) is 29.1.